The van der Waals surface area contributed by atoms with Crippen LogP contribution in [0.4, 0.5) is 5.69 Å². The van der Waals surface area contributed by atoms with Gasteiger partial charge in [-0.05, 0) is 37.7 Å². The van der Waals surface area contributed by atoms with E-state index in [1.165, 1.54) is 0 Å². The largest absolute Gasteiger partial charge is 0.337 e. The SMILES string of the molecule is CCCN(C)CC(c1ccccc1)N(C)C(=O)CC(=O)Nc1cccnc1. The predicted octanol–water partition coefficient (Wildman–Crippen LogP) is 2.95. The third-order valence-corrected chi connectivity index (χ3v) is 4.39. The van der Waals surface area contributed by atoms with Crippen LogP contribution in [0.3, 0.4) is 0 Å². The molecule has 6 nitrogen and oxygen atoms in total. The number of hydrogen-bond acceptors (Lipinski definition) is 4. The fraction of sp³-hybridized carbons (Fsp3) is 0.381. The molecule has 2 aromatic rings. The van der Waals surface area contributed by atoms with Crippen LogP contribution < -0.4 is 5.32 Å². The molecule has 0 saturated heterocycles. The summed E-state index contributed by atoms with van der Waals surface area (Å²) >= 11 is 0. The summed E-state index contributed by atoms with van der Waals surface area (Å²) in [6.07, 6.45) is 4.03. The van der Waals surface area contributed by atoms with Crippen LogP contribution in [0.1, 0.15) is 31.4 Å². The van der Waals surface area contributed by atoms with Gasteiger partial charge in [0.1, 0.15) is 6.42 Å². The quantitative estimate of drug-likeness (QED) is 0.691. The Morgan fingerprint density at radius 2 is 1.85 bits per heavy atom. The van der Waals surface area contributed by atoms with E-state index in [9.17, 15) is 9.59 Å². The van der Waals surface area contributed by atoms with Gasteiger partial charge < -0.3 is 15.1 Å². The Morgan fingerprint density at radius 3 is 2.48 bits per heavy atom. The summed E-state index contributed by atoms with van der Waals surface area (Å²) in [6.45, 7) is 3.79. The van der Waals surface area contributed by atoms with Crippen LogP contribution in [0.15, 0.2) is 54.9 Å². The molecule has 0 bridgehead atoms. The van der Waals surface area contributed by atoms with Crippen molar-refractivity contribution >= 4 is 17.5 Å². The van der Waals surface area contributed by atoms with Crippen molar-refractivity contribution in [1.82, 2.24) is 14.8 Å². The average molecular weight is 368 g/mol. The number of nitrogens with zero attached hydrogens (tertiary/aromatic N) is 3. The Morgan fingerprint density at radius 1 is 1.11 bits per heavy atom. The molecule has 1 heterocycles. The first-order valence-electron chi connectivity index (χ1n) is 9.20. The van der Waals surface area contributed by atoms with E-state index >= 15 is 0 Å². The topological polar surface area (TPSA) is 65.5 Å². The number of benzene rings is 1. The van der Waals surface area contributed by atoms with Crippen molar-refractivity contribution in [2.45, 2.75) is 25.8 Å². The van der Waals surface area contributed by atoms with E-state index in [1.54, 1.807) is 36.5 Å². The van der Waals surface area contributed by atoms with Gasteiger partial charge in [-0.3, -0.25) is 14.6 Å². The van der Waals surface area contributed by atoms with Gasteiger partial charge in [0.15, 0.2) is 0 Å². The number of anilines is 1. The molecule has 1 aromatic heterocycles. The molecule has 6 heteroatoms. The van der Waals surface area contributed by atoms with Crippen molar-refractivity contribution in [3.05, 3.63) is 60.4 Å². The number of carbonyl (C=O) groups is 2. The Labute approximate surface area is 161 Å². The first kappa shape index (κ1) is 20.6. The molecule has 0 aliphatic rings. The third kappa shape index (κ3) is 6.49. The molecule has 27 heavy (non-hydrogen) atoms. The van der Waals surface area contributed by atoms with Gasteiger partial charge in [-0.1, -0.05) is 37.3 Å². The lowest BCUT2D eigenvalue weighted by atomic mass is 10.0. The van der Waals surface area contributed by atoms with Crippen LogP contribution in [-0.4, -0.2) is 53.8 Å². The molecule has 0 fully saturated rings. The fourth-order valence-electron chi connectivity index (χ4n) is 2.97. The highest BCUT2D eigenvalue weighted by molar-refractivity contribution is 6.03. The molecular weight excluding hydrogens is 340 g/mol. The Kier molecular flexibility index (Phi) is 7.95. The number of likely N-dealkylation sites (N-methyl/N-ethyl adjacent to an activating group) is 2. The lowest BCUT2D eigenvalue weighted by molar-refractivity contribution is -0.135. The number of hydrogen-bond donors (Lipinski definition) is 1. The summed E-state index contributed by atoms with van der Waals surface area (Å²) < 4.78 is 0. The molecule has 144 valence electrons. The highest BCUT2D eigenvalue weighted by Gasteiger charge is 2.24. The van der Waals surface area contributed by atoms with E-state index in [4.69, 9.17) is 0 Å². The summed E-state index contributed by atoms with van der Waals surface area (Å²) in [4.78, 5) is 32.8. The Bertz CT molecular complexity index is 721. The van der Waals surface area contributed by atoms with Gasteiger partial charge in [0.25, 0.3) is 0 Å². The third-order valence-electron chi connectivity index (χ3n) is 4.39. The second kappa shape index (κ2) is 10.4. The van der Waals surface area contributed by atoms with E-state index < -0.39 is 0 Å². The van der Waals surface area contributed by atoms with Crippen LogP contribution in [0, 0.1) is 0 Å². The zero-order valence-corrected chi connectivity index (χ0v) is 16.3. The second-order valence-electron chi connectivity index (χ2n) is 6.66. The summed E-state index contributed by atoms with van der Waals surface area (Å²) in [5.41, 5.74) is 1.64. The summed E-state index contributed by atoms with van der Waals surface area (Å²) in [5.74, 6) is -0.552. The molecule has 1 atom stereocenters. The maximum atomic E-state index is 12.7. The standard InChI is InChI=1S/C21H28N4O2/c1-4-13-24(2)16-19(17-9-6-5-7-10-17)25(3)21(27)14-20(26)23-18-11-8-12-22-15-18/h5-12,15,19H,4,13-14,16H2,1-3H3,(H,23,26). The van der Waals surface area contributed by atoms with E-state index in [-0.39, 0.29) is 24.3 Å². The van der Waals surface area contributed by atoms with Crippen LogP contribution in [0.25, 0.3) is 0 Å². The lowest BCUT2D eigenvalue weighted by Crippen LogP contribution is -2.39. The molecule has 1 N–H and O–H groups in total. The number of rotatable bonds is 9. The fourth-order valence-corrected chi connectivity index (χ4v) is 2.97. The number of carbonyl (C=O) groups excluding carboxylic acids is 2. The first-order valence-corrected chi connectivity index (χ1v) is 9.20. The zero-order valence-electron chi connectivity index (χ0n) is 16.3. The summed E-state index contributed by atoms with van der Waals surface area (Å²) in [7, 11) is 3.81. The lowest BCUT2D eigenvalue weighted by Gasteiger charge is -2.32. The Balaban J connectivity index is 2.05. The zero-order chi connectivity index (χ0) is 19.6. The number of pyridine rings is 1. The van der Waals surface area contributed by atoms with Crippen molar-refractivity contribution in [2.75, 3.05) is 32.5 Å². The maximum absolute atomic E-state index is 12.7. The van der Waals surface area contributed by atoms with Gasteiger partial charge in [0, 0.05) is 19.8 Å². The van der Waals surface area contributed by atoms with Crippen molar-refractivity contribution in [2.24, 2.45) is 0 Å². The smallest absolute Gasteiger partial charge is 0.233 e. The molecule has 2 amide bonds. The second-order valence-corrected chi connectivity index (χ2v) is 6.66. The Hall–Kier alpha value is -2.73. The summed E-state index contributed by atoms with van der Waals surface area (Å²) in [6, 6.07) is 13.3. The van der Waals surface area contributed by atoms with Gasteiger partial charge in [-0.2, -0.15) is 0 Å². The highest BCUT2D eigenvalue weighted by atomic mass is 16.2. The monoisotopic (exact) mass is 368 g/mol. The molecule has 0 aliphatic carbocycles. The van der Waals surface area contributed by atoms with Gasteiger partial charge in [-0.25, -0.2) is 0 Å². The maximum Gasteiger partial charge on any atom is 0.233 e. The number of amides is 2. The van der Waals surface area contributed by atoms with Gasteiger partial charge in [-0.15, -0.1) is 0 Å². The van der Waals surface area contributed by atoms with Gasteiger partial charge in [0.05, 0.1) is 17.9 Å². The normalized spacial score (nSPS) is 11.9. The number of nitrogens with one attached hydrogen (secondary N) is 1. The molecule has 0 saturated carbocycles. The molecular formula is C21H28N4O2. The van der Waals surface area contributed by atoms with Crippen molar-refractivity contribution in [1.29, 1.82) is 0 Å². The van der Waals surface area contributed by atoms with E-state index in [1.807, 2.05) is 37.4 Å². The van der Waals surface area contributed by atoms with Crippen LogP contribution in [-0.2, 0) is 9.59 Å². The van der Waals surface area contributed by atoms with Crippen molar-refractivity contribution < 1.29 is 9.59 Å². The van der Waals surface area contributed by atoms with Gasteiger partial charge in [0.2, 0.25) is 11.8 Å². The minimum absolute atomic E-state index is 0.110. The molecule has 1 unspecified atom stereocenters. The van der Waals surface area contributed by atoms with Gasteiger partial charge >= 0.3 is 0 Å². The minimum atomic E-state index is -0.339. The average Bonchev–Trinajstić information content (AvgIpc) is 2.67. The molecule has 0 spiro atoms. The summed E-state index contributed by atoms with van der Waals surface area (Å²) in [5, 5.41) is 2.71. The van der Waals surface area contributed by atoms with Crippen LogP contribution in [0.2, 0.25) is 0 Å². The van der Waals surface area contributed by atoms with Crippen molar-refractivity contribution in [3.63, 3.8) is 0 Å². The van der Waals surface area contributed by atoms with E-state index in [0.29, 0.717) is 12.2 Å². The molecule has 2 rings (SSSR count). The van der Waals surface area contributed by atoms with Crippen LogP contribution in [0.5, 0.6) is 0 Å². The molecule has 0 aliphatic heterocycles. The van der Waals surface area contributed by atoms with Crippen LogP contribution >= 0.6 is 0 Å². The molecule has 1 aromatic carbocycles. The van der Waals surface area contributed by atoms with E-state index in [0.717, 1.165) is 18.5 Å². The van der Waals surface area contributed by atoms with Crippen molar-refractivity contribution in [3.8, 4) is 0 Å². The minimum Gasteiger partial charge on any atom is -0.337 e. The number of aromatic nitrogens is 1. The first-order chi connectivity index (χ1) is 13.0. The molecule has 0 radical (unpaired) electrons. The predicted molar refractivity (Wildman–Crippen MR) is 107 cm³/mol. The van der Waals surface area contributed by atoms with E-state index in [2.05, 4.69) is 22.1 Å². The highest BCUT2D eigenvalue weighted by Crippen LogP contribution is 2.21.